The van der Waals surface area contributed by atoms with Gasteiger partial charge in [0, 0.05) is 90.7 Å². The van der Waals surface area contributed by atoms with E-state index in [1.54, 1.807) is 45.0 Å². The maximum atomic E-state index is 13.8. The van der Waals surface area contributed by atoms with Crippen molar-refractivity contribution in [2.75, 3.05) is 85.1 Å². The standard InChI is InChI=1S/C31H40N6O11/c38-27(36(18-24-4-2-1-3-5-24)23-31(45)48-26-8-6-25(7-9-26)37(46)47)19-32-10-12-33(20-28(39)40)14-16-35(22-30(43)44)17-15-34(13-11-32)21-29(41)42/h1-9H,10-23H2,(H,39,40)(H,41,42)(H,43,44)/p-3. The lowest BCUT2D eigenvalue weighted by Crippen LogP contribution is -2.52. The zero-order chi connectivity index (χ0) is 35.1. The van der Waals surface area contributed by atoms with E-state index in [-0.39, 0.29) is 76.9 Å². The zero-order valence-electron chi connectivity index (χ0n) is 26.3. The molecule has 17 heteroatoms. The van der Waals surface area contributed by atoms with Gasteiger partial charge in [0.25, 0.3) is 5.69 Å². The van der Waals surface area contributed by atoms with Crippen LogP contribution in [0.5, 0.6) is 5.75 Å². The number of carboxylic acids is 3. The fourth-order valence-corrected chi connectivity index (χ4v) is 5.04. The van der Waals surface area contributed by atoms with Crippen LogP contribution in [-0.2, 0) is 30.5 Å². The normalized spacial score (nSPS) is 15.8. The Morgan fingerprint density at radius 1 is 0.646 bits per heavy atom. The Morgan fingerprint density at radius 2 is 1.06 bits per heavy atom. The van der Waals surface area contributed by atoms with E-state index >= 15 is 0 Å². The molecule has 3 rings (SSSR count). The lowest BCUT2D eigenvalue weighted by molar-refractivity contribution is -0.384. The van der Waals surface area contributed by atoms with Crippen molar-refractivity contribution in [3.05, 3.63) is 70.3 Å². The summed E-state index contributed by atoms with van der Waals surface area (Å²) in [5, 5.41) is 45.2. The molecule has 0 bridgehead atoms. The second kappa shape index (κ2) is 19.0. The molecule has 2 aromatic carbocycles. The molecule has 1 amide bonds. The Kier molecular flexibility index (Phi) is 14.8. The molecular weight excluding hydrogens is 632 g/mol. The number of nitro benzene ring substituents is 1. The molecule has 2 aromatic rings. The molecule has 1 saturated heterocycles. The maximum Gasteiger partial charge on any atom is 0.331 e. The van der Waals surface area contributed by atoms with Crippen molar-refractivity contribution in [2.24, 2.45) is 0 Å². The highest BCUT2D eigenvalue weighted by molar-refractivity contribution is 5.84. The van der Waals surface area contributed by atoms with Gasteiger partial charge in [-0.2, -0.15) is 0 Å². The fraction of sp³-hybridized carbons (Fsp3) is 0.452. The van der Waals surface area contributed by atoms with E-state index in [1.807, 2.05) is 0 Å². The molecule has 0 radical (unpaired) electrons. The molecule has 48 heavy (non-hydrogen) atoms. The van der Waals surface area contributed by atoms with Crippen LogP contribution in [0.15, 0.2) is 54.6 Å². The Balaban J connectivity index is 1.78. The molecular formula is C31H37N6O11-3. The van der Waals surface area contributed by atoms with Gasteiger partial charge < -0.3 is 39.3 Å². The molecule has 1 aliphatic heterocycles. The van der Waals surface area contributed by atoms with E-state index in [2.05, 4.69) is 0 Å². The number of rotatable bonds is 14. The van der Waals surface area contributed by atoms with Crippen LogP contribution in [0, 0.1) is 10.1 Å². The molecule has 0 aromatic heterocycles. The summed E-state index contributed by atoms with van der Waals surface area (Å²) in [6.07, 6.45) is 0. The highest BCUT2D eigenvalue weighted by atomic mass is 16.6. The van der Waals surface area contributed by atoms with E-state index in [9.17, 15) is 49.4 Å². The number of nitrogens with zero attached hydrogens (tertiary/aromatic N) is 6. The maximum absolute atomic E-state index is 13.8. The van der Waals surface area contributed by atoms with Crippen LogP contribution in [-0.4, -0.2) is 144 Å². The first-order valence-corrected chi connectivity index (χ1v) is 15.1. The number of carbonyl (C=O) groups excluding carboxylic acids is 5. The van der Waals surface area contributed by atoms with Crippen LogP contribution in [0.25, 0.3) is 0 Å². The van der Waals surface area contributed by atoms with Gasteiger partial charge in [0.2, 0.25) is 5.91 Å². The third kappa shape index (κ3) is 13.8. The van der Waals surface area contributed by atoms with Gasteiger partial charge in [-0.3, -0.25) is 34.5 Å². The first-order valence-electron chi connectivity index (χ1n) is 15.1. The minimum absolute atomic E-state index is 0.0464. The topological polar surface area (TPSA) is 223 Å². The molecule has 1 heterocycles. The average molecular weight is 670 g/mol. The van der Waals surface area contributed by atoms with Crippen LogP contribution < -0.4 is 20.1 Å². The van der Waals surface area contributed by atoms with Gasteiger partial charge in [-0.05, 0) is 17.7 Å². The highest BCUT2D eigenvalue weighted by Crippen LogP contribution is 2.18. The molecule has 0 N–H and O–H groups in total. The number of carbonyl (C=O) groups is 5. The number of carboxylic acid groups (broad SMARTS) is 3. The van der Waals surface area contributed by atoms with Crippen molar-refractivity contribution in [3.8, 4) is 5.75 Å². The molecule has 0 spiro atoms. The lowest BCUT2D eigenvalue weighted by Gasteiger charge is -2.35. The molecule has 0 unspecified atom stereocenters. The summed E-state index contributed by atoms with van der Waals surface area (Å²) in [5.74, 6) is -5.21. The second-order valence-electron chi connectivity index (χ2n) is 11.2. The first-order chi connectivity index (χ1) is 22.9. The van der Waals surface area contributed by atoms with Crippen molar-refractivity contribution in [1.29, 1.82) is 0 Å². The third-order valence-electron chi connectivity index (χ3n) is 7.51. The van der Waals surface area contributed by atoms with Crippen molar-refractivity contribution in [3.63, 3.8) is 0 Å². The number of amides is 1. The van der Waals surface area contributed by atoms with Crippen LogP contribution in [0.1, 0.15) is 5.56 Å². The largest absolute Gasteiger partial charge is 0.549 e. The SMILES string of the molecule is O=C([O-])CN1CCN(CC(=O)[O-])CCN(CC(=O)N(CC(=O)Oc2ccc([N+](=O)[O-])cc2)Cc2ccccc2)CCN(CC(=O)[O-])CC1. The van der Waals surface area contributed by atoms with Gasteiger partial charge >= 0.3 is 5.97 Å². The predicted molar refractivity (Wildman–Crippen MR) is 161 cm³/mol. The Morgan fingerprint density at radius 3 is 1.46 bits per heavy atom. The van der Waals surface area contributed by atoms with Crippen molar-refractivity contribution < 1.29 is 49.0 Å². The van der Waals surface area contributed by atoms with Crippen LogP contribution in [0.3, 0.4) is 0 Å². The minimum atomic E-state index is -1.34. The second-order valence-corrected chi connectivity index (χ2v) is 11.2. The number of non-ortho nitro benzene ring substituents is 1. The summed E-state index contributed by atoms with van der Waals surface area (Å²) in [7, 11) is 0. The molecule has 0 saturated carbocycles. The lowest BCUT2D eigenvalue weighted by atomic mass is 10.2. The molecule has 17 nitrogen and oxygen atoms in total. The van der Waals surface area contributed by atoms with Gasteiger partial charge in [-0.15, -0.1) is 0 Å². The van der Waals surface area contributed by atoms with Crippen molar-refractivity contribution >= 4 is 35.5 Å². The third-order valence-corrected chi connectivity index (χ3v) is 7.51. The van der Waals surface area contributed by atoms with Crippen molar-refractivity contribution in [2.45, 2.75) is 6.54 Å². The summed E-state index contributed by atoms with van der Waals surface area (Å²) in [6, 6.07) is 13.8. The summed E-state index contributed by atoms with van der Waals surface area (Å²) in [5.41, 5.74) is 0.539. The van der Waals surface area contributed by atoms with E-state index in [0.29, 0.717) is 0 Å². The number of ether oxygens (including phenoxy) is 1. The van der Waals surface area contributed by atoms with Gasteiger partial charge in [0.05, 0.1) is 29.4 Å². The Hall–Kier alpha value is -4.97. The molecule has 1 fully saturated rings. The molecule has 0 aliphatic carbocycles. The predicted octanol–water partition coefficient (Wildman–Crippen LogP) is -4.00. The average Bonchev–Trinajstić information content (AvgIpc) is 3.02. The molecule has 260 valence electrons. The quantitative estimate of drug-likeness (QED) is 0.0809. The van der Waals surface area contributed by atoms with Gasteiger partial charge in [-0.1, -0.05) is 30.3 Å². The number of nitro groups is 1. The Bertz CT molecular complexity index is 1380. The van der Waals surface area contributed by atoms with Crippen LogP contribution in [0.4, 0.5) is 5.69 Å². The van der Waals surface area contributed by atoms with E-state index < -0.39 is 60.9 Å². The van der Waals surface area contributed by atoms with Crippen LogP contribution in [0.2, 0.25) is 0 Å². The summed E-state index contributed by atoms with van der Waals surface area (Å²) in [6.45, 7) is -0.669. The molecule has 1 aliphatic rings. The van der Waals surface area contributed by atoms with E-state index in [0.717, 1.165) is 5.56 Å². The van der Waals surface area contributed by atoms with Crippen LogP contribution >= 0.6 is 0 Å². The zero-order valence-corrected chi connectivity index (χ0v) is 26.3. The monoisotopic (exact) mass is 669 g/mol. The van der Waals surface area contributed by atoms with Crippen molar-refractivity contribution in [1.82, 2.24) is 24.5 Å². The summed E-state index contributed by atoms with van der Waals surface area (Å²) < 4.78 is 5.33. The van der Waals surface area contributed by atoms with E-state index in [4.69, 9.17) is 4.74 Å². The van der Waals surface area contributed by atoms with Gasteiger partial charge in [-0.25, -0.2) is 4.79 Å². The van der Waals surface area contributed by atoms with Gasteiger partial charge in [0.1, 0.15) is 12.3 Å². The number of aliphatic carboxylic acids is 3. The highest BCUT2D eigenvalue weighted by Gasteiger charge is 2.24. The number of hydrogen-bond acceptors (Lipinski definition) is 15. The summed E-state index contributed by atoms with van der Waals surface area (Å²) in [4.78, 5) is 78.9. The number of hydrogen-bond donors (Lipinski definition) is 0. The first kappa shape index (κ1) is 37.5. The number of benzene rings is 2. The minimum Gasteiger partial charge on any atom is -0.549 e. The fourth-order valence-electron chi connectivity index (χ4n) is 5.04. The molecule has 0 atom stereocenters. The number of esters is 1. The van der Waals surface area contributed by atoms with E-state index in [1.165, 1.54) is 34.1 Å². The van der Waals surface area contributed by atoms with Gasteiger partial charge in [0.15, 0.2) is 0 Å². The summed E-state index contributed by atoms with van der Waals surface area (Å²) >= 11 is 0. The Labute approximate surface area is 276 Å². The smallest absolute Gasteiger partial charge is 0.331 e.